The van der Waals surface area contributed by atoms with Crippen molar-refractivity contribution in [2.75, 3.05) is 13.6 Å². The van der Waals surface area contributed by atoms with Gasteiger partial charge < -0.3 is 10.6 Å². The summed E-state index contributed by atoms with van der Waals surface area (Å²) in [6.07, 6.45) is 3.90. The maximum Gasteiger partial charge on any atom is 0.191 e. The predicted octanol–water partition coefficient (Wildman–Crippen LogP) is 2.24. The van der Waals surface area contributed by atoms with Gasteiger partial charge in [-0.3, -0.25) is 9.67 Å². The van der Waals surface area contributed by atoms with Crippen LogP contribution in [0.1, 0.15) is 10.4 Å². The minimum absolute atomic E-state index is 0. The lowest BCUT2D eigenvalue weighted by atomic mass is 10.4. The topological polar surface area (TPSA) is 54.2 Å². The number of hydrogen-bond acceptors (Lipinski definition) is 3. The monoisotopic (exact) mass is 405 g/mol. The minimum Gasteiger partial charge on any atom is -0.355 e. The van der Waals surface area contributed by atoms with Gasteiger partial charge in [0.1, 0.15) is 0 Å². The highest BCUT2D eigenvalue weighted by Gasteiger charge is 1.99. The quantitative estimate of drug-likeness (QED) is 0.456. The Bertz CT molecular complexity index is 521. The first-order chi connectivity index (χ1) is 9.28. The molecule has 0 saturated carbocycles. The maximum atomic E-state index is 4.24. The Labute approximate surface area is 140 Å². The van der Waals surface area contributed by atoms with Crippen LogP contribution in [0.2, 0.25) is 0 Å². The Balaban J connectivity index is 0.00000200. The molecule has 0 radical (unpaired) electrons. The molecular weight excluding hydrogens is 385 g/mol. The van der Waals surface area contributed by atoms with Crippen molar-refractivity contribution in [1.29, 1.82) is 0 Å². The van der Waals surface area contributed by atoms with Crippen molar-refractivity contribution in [3.8, 4) is 0 Å². The lowest BCUT2D eigenvalue weighted by Crippen LogP contribution is -2.38. The second-order valence-electron chi connectivity index (χ2n) is 4.21. The molecule has 0 aliphatic rings. The van der Waals surface area contributed by atoms with Gasteiger partial charge in [0, 0.05) is 24.7 Å². The minimum atomic E-state index is 0. The standard InChI is InChI=1S/C13H19N5S.HI/c1-11-8-17-18(10-11)6-5-15-13(14-2)16-9-12-4-3-7-19-12;/h3-4,7-8,10H,5-6,9H2,1-2H3,(H2,14,15,16);1H. The average Bonchev–Trinajstić information content (AvgIpc) is 3.05. The highest BCUT2D eigenvalue weighted by molar-refractivity contribution is 14.0. The maximum absolute atomic E-state index is 4.24. The van der Waals surface area contributed by atoms with E-state index in [1.54, 1.807) is 18.4 Å². The van der Waals surface area contributed by atoms with Crippen molar-refractivity contribution in [2.24, 2.45) is 4.99 Å². The second-order valence-corrected chi connectivity index (χ2v) is 5.24. The van der Waals surface area contributed by atoms with Crippen molar-refractivity contribution in [1.82, 2.24) is 20.4 Å². The third-order valence-electron chi connectivity index (χ3n) is 2.63. The van der Waals surface area contributed by atoms with Crippen LogP contribution >= 0.6 is 35.3 Å². The normalized spacial score (nSPS) is 11.0. The van der Waals surface area contributed by atoms with Crippen LogP contribution in [-0.2, 0) is 13.1 Å². The molecule has 5 nitrogen and oxygen atoms in total. The van der Waals surface area contributed by atoms with E-state index in [9.17, 15) is 0 Å². The predicted molar refractivity (Wildman–Crippen MR) is 94.9 cm³/mol. The van der Waals surface area contributed by atoms with Gasteiger partial charge in [-0.1, -0.05) is 6.07 Å². The number of aliphatic imine (C=N–C) groups is 1. The van der Waals surface area contributed by atoms with Gasteiger partial charge in [0.15, 0.2) is 5.96 Å². The van der Waals surface area contributed by atoms with Crippen LogP contribution in [0, 0.1) is 6.92 Å². The summed E-state index contributed by atoms with van der Waals surface area (Å²) in [5.41, 5.74) is 1.18. The van der Waals surface area contributed by atoms with Crippen molar-refractivity contribution >= 4 is 41.3 Å². The lowest BCUT2D eigenvalue weighted by molar-refractivity contribution is 0.597. The molecule has 20 heavy (non-hydrogen) atoms. The molecule has 0 unspecified atom stereocenters. The zero-order chi connectivity index (χ0) is 13.5. The summed E-state index contributed by atoms with van der Waals surface area (Å²) in [5.74, 6) is 0.817. The number of thiophene rings is 1. The number of rotatable bonds is 5. The molecule has 2 N–H and O–H groups in total. The molecule has 0 saturated heterocycles. The Morgan fingerprint density at radius 2 is 2.30 bits per heavy atom. The fraction of sp³-hybridized carbons (Fsp3) is 0.385. The number of hydrogen-bond donors (Lipinski definition) is 2. The van der Waals surface area contributed by atoms with E-state index in [0.29, 0.717) is 0 Å². The van der Waals surface area contributed by atoms with Gasteiger partial charge in [-0.15, -0.1) is 35.3 Å². The molecule has 2 rings (SSSR count). The second kappa shape index (κ2) is 8.96. The third-order valence-corrected chi connectivity index (χ3v) is 3.51. The van der Waals surface area contributed by atoms with Crippen molar-refractivity contribution in [2.45, 2.75) is 20.0 Å². The van der Waals surface area contributed by atoms with E-state index in [1.807, 2.05) is 24.0 Å². The summed E-state index contributed by atoms with van der Waals surface area (Å²) in [6, 6.07) is 4.16. The van der Waals surface area contributed by atoms with Crippen LogP contribution in [-0.4, -0.2) is 29.3 Å². The van der Waals surface area contributed by atoms with Crippen molar-refractivity contribution < 1.29 is 0 Å². The van der Waals surface area contributed by atoms with Gasteiger partial charge in [-0.25, -0.2) is 0 Å². The Hall–Kier alpha value is -1.09. The Morgan fingerprint density at radius 1 is 1.45 bits per heavy atom. The number of nitrogens with one attached hydrogen (secondary N) is 2. The highest BCUT2D eigenvalue weighted by Crippen LogP contribution is 2.06. The summed E-state index contributed by atoms with van der Waals surface area (Å²) in [6.45, 7) is 4.47. The Morgan fingerprint density at radius 3 is 2.90 bits per heavy atom. The van der Waals surface area contributed by atoms with E-state index >= 15 is 0 Å². The molecule has 0 aliphatic carbocycles. The van der Waals surface area contributed by atoms with Crippen molar-refractivity contribution in [3.05, 3.63) is 40.3 Å². The molecule has 0 spiro atoms. The smallest absolute Gasteiger partial charge is 0.191 e. The number of halogens is 1. The fourth-order valence-electron chi connectivity index (χ4n) is 1.68. The number of aryl methyl sites for hydroxylation is 1. The molecule has 7 heteroatoms. The van der Waals surface area contributed by atoms with E-state index in [0.717, 1.165) is 25.6 Å². The first-order valence-corrected chi connectivity index (χ1v) is 7.12. The molecule has 0 fully saturated rings. The van der Waals surface area contributed by atoms with E-state index < -0.39 is 0 Å². The summed E-state index contributed by atoms with van der Waals surface area (Å²) in [4.78, 5) is 5.49. The summed E-state index contributed by atoms with van der Waals surface area (Å²) in [5, 5.41) is 12.9. The van der Waals surface area contributed by atoms with E-state index in [-0.39, 0.29) is 24.0 Å². The summed E-state index contributed by atoms with van der Waals surface area (Å²) < 4.78 is 1.93. The molecule has 0 aliphatic heterocycles. The molecule has 0 amide bonds. The summed E-state index contributed by atoms with van der Waals surface area (Å²) in [7, 11) is 1.78. The molecule has 0 aromatic carbocycles. The van der Waals surface area contributed by atoms with Gasteiger partial charge in [-0.2, -0.15) is 5.10 Å². The van der Waals surface area contributed by atoms with Gasteiger partial charge in [0.2, 0.25) is 0 Å². The number of aromatic nitrogens is 2. The average molecular weight is 405 g/mol. The zero-order valence-corrected chi connectivity index (χ0v) is 14.8. The van der Waals surface area contributed by atoms with Crippen LogP contribution in [0.3, 0.4) is 0 Å². The SMILES string of the molecule is CN=C(NCCn1cc(C)cn1)NCc1cccs1.I. The first kappa shape index (κ1) is 17.0. The van der Waals surface area contributed by atoms with Crippen molar-refractivity contribution in [3.63, 3.8) is 0 Å². The van der Waals surface area contributed by atoms with E-state index in [2.05, 4.69) is 38.2 Å². The summed E-state index contributed by atoms with van der Waals surface area (Å²) >= 11 is 1.74. The van der Waals surface area contributed by atoms with Gasteiger partial charge in [0.25, 0.3) is 0 Å². The molecule has 2 heterocycles. The van der Waals surface area contributed by atoms with Gasteiger partial charge in [0.05, 0.1) is 19.3 Å². The van der Waals surface area contributed by atoms with Crippen LogP contribution in [0.4, 0.5) is 0 Å². The molecule has 0 atom stereocenters. The highest BCUT2D eigenvalue weighted by atomic mass is 127. The zero-order valence-electron chi connectivity index (χ0n) is 11.7. The molecular formula is C13H20IN5S. The molecule has 2 aromatic rings. The lowest BCUT2D eigenvalue weighted by Gasteiger charge is -2.11. The van der Waals surface area contributed by atoms with Crippen LogP contribution in [0.5, 0.6) is 0 Å². The van der Waals surface area contributed by atoms with Crippen LogP contribution in [0.15, 0.2) is 34.9 Å². The molecule has 2 aromatic heterocycles. The third kappa shape index (κ3) is 5.49. The largest absolute Gasteiger partial charge is 0.355 e. The van der Waals surface area contributed by atoms with Crippen LogP contribution < -0.4 is 10.6 Å². The molecule has 110 valence electrons. The van der Waals surface area contributed by atoms with Gasteiger partial charge >= 0.3 is 0 Å². The van der Waals surface area contributed by atoms with E-state index in [1.165, 1.54) is 10.4 Å². The van der Waals surface area contributed by atoms with Crippen LogP contribution in [0.25, 0.3) is 0 Å². The molecule has 0 bridgehead atoms. The fourth-order valence-corrected chi connectivity index (χ4v) is 2.33. The first-order valence-electron chi connectivity index (χ1n) is 6.24. The Kier molecular flexibility index (Phi) is 7.60. The number of guanidine groups is 1. The van der Waals surface area contributed by atoms with Gasteiger partial charge in [-0.05, 0) is 23.9 Å². The number of nitrogens with zero attached hydrogens (tertiary/aromatic N) is 3. The van der Waals surface area contributed by atoms with E-state index in [4.69, 9.17) is 0 Å².